The van der Waals surface area contributed by atoms with E-state index in [1.807, 2.05) is 16.8 Å². The van der Waals surface area contributed by atoms with Gasteiger partial charge in [-0.3, -0.25) is 9.21 Å². The van der Waals surface area contributed by atoms with Crippen LogP contribution in [0.3, 0.4) is 0 Å². The van der Waals surface area contributed by atoms with Gasteiger partial charge in [0.05, 0.1) is 40.0 Å². The first-order chi connectivity index (χ1) is 21.6. The Hall–Kier alpha value is -3.73. The van der Waals surface area contributed by atoms with Crippen LogP contribution in [0.25, 0.3) is 12.2 Å². The molecular formula is C32H29ClF6N4O2S. The van der Waals surface area contributed by atoms with Crippen molar-refractivity contribution in [2.45, 2.75) is 42.0 Å². The molecule has 0 saturated heterocycles. The van der Waals surface area contributed by atoms with E-state index in [0.717, 1.165) is 47.8 Å². The molecule has 0 spiro atoms. The van der Waals surface area contributed by atoms with Crippen molar-refractivity contribution in [3.05, 3.63) is 87.9 Å². The Kier molecular flexibility index (Phi) is 9.11. The largest absolute Gasteiger partial charge is 0.417 e. The number of nitrogens with zero attached hydrogens (tertiary/aromatic N) is 4. The van der Waals surface area contributed by atoms with Gasteiger partial charge in [0.15, 0.2) is 0 Å². The highest BCUT2D eigenvalue weighted by atomic mass is 35.5. The molecule has 0 amide bonds. The van der Waals surface area contributed by atoms with Crippen molar-refractivity contribution < 1.29 is 34.8 Å². The van der Waals surface area contributed by atoms with Crippen LogP contribution in [-0.4, -0.2) is 52.1 Å². The minimum atomic E-state index is -4.76. The number of halogens is 7. The third kappa shape index (κ3) is 6.56. The summed E-state index contributed by atoms with van der Waals surface area (Å²) in [6.45, 7) is 1.02. The Labute approximate surface area is 268 Å². The summed E-state index contributed by atoms with van der Waals surface area (Å²) in [5, 5.41) is 9.59. The minimum Gasteiger partial charge on any atom is -0.367 e. The van der Waals surface area contributed by atoms with Crippen LogP contribution in [0.1, 0.15) is 41.5 Å². The zero-order chi connectivity index (χ0) is 33.5. The highest BCUT2D eigenvalue weighted by Gasteiger charge is 2.41. The Bertz CT molecular complexity index is 1800. The number of anilines is 2. The van der Waals surface area contributed by atoms with Gasteiger partial charge in [0, 0.05) is 30.2 Å². The second-order valence-electron chi connectivity index (χ2n) is 11.3. The van der Waals surface area contributed by atoms with Crippen molar-refractivity contribution in [1.82, 2.24) is 4.90 Å². The predicted octanol–water partition coefficient (Wildman–Crippen LogP) is 7.94. The maximum Gasteiger partial charge on any atom is 0.417 e. The molecule has 244 valence electrons. The number of nitriles is 1. The van der Waals surface area contributed by atoms with Crippen molar-refractivity contribution in [1.29, 1.82) is 5.26 Å². The maximum atomic E-state index is 13.8. The Morgan fingerprint density at radius 3 is 2.30 bits per heavy atom. The van der Waals surface area contributed by atoms with E-state index in [4.69, 9.17) is 11.6 Å². The molecule has 1 saturated carbocycles. The second-order valence-corrected chi connectivity index (χ2v) is 13.6. The zero-order valence-corrected chi connectivity index (χ0v) is 26.1. The van der Waals surface area contributed by atoms with Gasteiger partial charge in [-0.1, -0.05) is 42.0 Å². The summed E-state index contributed by atoms with van der Waals surface area (Å²) < 4.78 is 110. The minimum absolute atomic E-state index is 0.103. The number of benzene rings is 3. The van der Waals surface area contributed by atoms with Crippen LogP contribution in [0.15, 0.2) is 65.6 Å². The van der Waals surface area contributed by atoms with Gasteiger partial charge in [0.2, 0.25) is 0 Å². The summed E-state index contributed by atoms with van der Waals surface area (Å²) >= 11 is 6.10. The van der Waals surface area contributed by atoms with E-state index < -0.39 is 43.9 Å². The molecule has 1 aliphatic carbocycles. The molecule has 3 aromatic rings. The van der Waals surface area contributed by atoms with E-state index in [9.17, 15) is 40.0 Å². The summed E-state index contributed by atoms with van der Waals surface area (Å²) in [7, 11) is -2.64. The molecule has 1 heterocycles. The maximum absolute atomic E-state index is 13.8. The second kappa shape index (κ2) is 12.5. The number of hydrogen-bond donors (Lipinski definition) is 0. The van der Waals surface area contributed by atoms with E-state index in [-0.39, 0.29) is 29.4 Å². The first-order valence-electron chi connectivity index (χ1n) is 14.3. The molecule has 6 nitrogen and oxygen atoms in total. The van der Waals surface area contributed by atoms with Gasteiger partial charge < -0.3 is 4.90 Å². The lowest BCUT2D eigenvalue weighted by Gasteiger charge is -2.44. The summed E-state index contributed by atoms with van der Waals surface area (Å²) in [4.78, 5) is 3.35. The van der Waals surface area contributed by atoms with Crippen LogP contribution in [0.4, 0.5) is 37.7 Å². The van der Waals surface area contributed by atoms with Gasteiger partial charge in [0.1, 0.15) is 5.54 Å². The fourth-order valence-corrected chi connectivity index (χ4v) is 7.46. The summed E-state index contributed by atoms with van der Waals surface area (Å²) in [6.07, 6.45) is -4.44. The van der Waals surface area contributed by atoms with Gasteiger partial charge in [-0.15, -0.1) is 0 Å². The number of sulfonamides is 1. The standard InChI is InChI=1S/C32H29ClF6N4O2S/c1-41(30(21-40)13-4-14-30)15-16-42-17-18-43(46(44,45)24-6-2-5-23(20-24)31(34,35)36)29-19-22(10-12-28(29)42)9-11-25-26(32(37,38)39)7-3-8-27(25)33/h2-3,5-12,19-20H,4,13-18H2,1H3/b11-9+. The molecule has 5 rings (SSSR count). The van der Waals surface area contributed by atoms with Gasteiger partial charge in [-0.2, -0.15) is 31.6 Å². The van der Waals surface area contributed by atoms with Crippen molar-refractivity contribution in [2.24, 2.45) is 0 Å². The van der Waals surface area contributed by atoms with Crippen LogP contribution in [0, 0.1) is 11.3 Å². The van der Waals surface area contributed by atoms with Crippen molar-refractivity contribution in [3.63, 3.8) is 0 Å². The lowest BCUT2D eigenvalue weighted by atomic mass is 9.77. The van der Waals surface area contributed by atoms with Crippen LogP contribution in [0.5, 0.6) is 0 Å². The predicted molar refractivity (Wildman–Crippen MR) is 165 cm³/mol. The zero-order valence-electron chi connectivity index (χ0n) is 24.5. The highest BCUT2D eigenvalue weighted by Crippen LogP contribution is 2.41. The van der Waals surface area contributed by atoms with E-state index in [2.05, 4.69) is 6.07 Å². The molecule has 0 bridgehead atoms. The van der Waals surface area contributed by atoms with E-state index in [1.165, 1.54) is 30.4 Å². The lowest BCUT2D eigenvalue weighted by molar-refractivity contribution is -0.138. The molecule has 3 aromatic carbocycles. The van der Waals surface area contributed by atoms with E-state index in [1.54, 1.807) is 12.1 Å². The molecule has 0 aromatic heterocycles. The molecular weight excluding hydrogens is 654 g/mol. The highest BCUT2D eigenvalue weighted by molar-refractivity contribution is 7.92. The topological polar surface area (TPSA) is 67.7 Å². The Balaban J connectivity index is 1.54. The summed E-state index contributed by atoms with van der Waals surface area (Å²) in [5.74, 6) is 0. The number of hydrogen-bond acceptors (Lipinski definition) is 5. The molecule has 1 aliphatic heterocycles. The SMILES string of the molecule is CN(CCN1CCN(S(=O)(=O)c2cccc(C(F)(F)F)c2)c2cc(/C=C/c3c(Cl)cccc3C(F)(F)F)ccc21)C1(C#N)CCC1. The number of fused-ring (bicyclic) bond motifs is 1. The molecule has 0 atom stereocenters. The van der Waals surface area contributed by atoms with Crippen LogP contribution < -0.4 is 9.21 Å². The Morgan fingerprint density at radius 1 is 0.957 bits per heavy atom. The smallest absolute Gasteiger partial charge is 0.367 e. The van der Waals surface area contributed by atoms with Crippen LogP contribution >= 0.6 is 11.6 Å². The molecule has 0 unspecified atom stereocenters. The van der Waals surface area contributed by atoms with Gasteiger partial charge in [-0.25, -0.2) is 8.42 Å². The van der Waals surface area contributed by atoms with Crippen molar-refractivity contribution >= 4 is 45.2 Å². The number of alkyl halides is 6. The quantitative estimate of drug-likeness (QED) is 0.178. The lowest BCUT2D eigenvalue weighted by Crippen LogP contribution is -2.53. The molecule has 2 aliphatic rings. The molecule has 0 radical (unpaired) electrons. The monoisotopic (exact) mass is 682 g/mol. The summed E-state index contributed by atoms with van der Waals surface area (Å²) in [6, 6.07) is 14.0. The van der Waals surface area contributed by atoms with Gasteiger partial charge >= 0.3 is 12.4 Å². The van der Waals surface area contributed by atoms with Crippen molar-refractivity contribution in [2.75, 3.05) is 42.4 Å². The van der Waals surface area contributed by atoms with Gasteiger partial charge in [0.25, 0.3) is 10.0 Å². The fraction of sp³-hybridized carbons (Fsp3) is 0.344. The van der Waals surface area contributed by atoms with E-state index in [0.29, 0.717) is 30.4 Å². The third-order valence-corrected chi connectivity index (χ3v) is 10.7. The van der Waals surface area contributed by atoms with Crippen molar-refractivity contribution in [3.8, 4) is 6.07 Å². The average Bonchev–Trinajstić information content (AvgIpc) is 2.97. The molecule has 1 fully saturated rings. The number of likely N-dealkylation sites (N-methyl/N-ethyl adjacent to an activating group) is 1. The first kappa shape index (κ1) is 33.6. The van der Waals surface area contributed by atoms with Crippen LogP contribution in [-0.2, 0) is 22.4 Å². The third-order valence-electron chi connectivity index (χ3n) is 8.56. The average molecular weight is 683 g/mol. The van der Waals surface area contributed by atoms with Gasteiger partial charge in [-0.05, 0) is 74.3 Å². The van der Waals surface area contributed by atoms with Crippen LogP contribution in [0.2, 0.25) is 5.02 Å². The fourth-order valence-electron chi connectivity index (χ4n) is 5.71. The van der Waals surface area contributed by atoms with E-state index >= 15 is 0 Å². The first-order valence-corrected chi connectivity index (χ1v) is 16.1. The normalized spacial score (nSPS) is 16.8. The molecule has 0 N–H and O–H groups in total. The Morgan fingerprint density at radius 2 is 1.67 bits per heavy atom. The molecule has 46 heavy (non-hydrogen) atoms. The number of rotatable bonds is 8. The molecule has 14 heteroatoms. The summed E-state index contributed by atoms with van der Waals surface area (Å²) in [5.41, 5.74) is -1.92.